The van der Waals surface area contributed by atoms with Crippen molar-refractivity contribution in [1.29, 1.82) is 10.5 Å². The van der Waals surface area contributed by atoms with Gasteiger partial charge in [0.2, 0.25) is 0 Å². The molecular weight excluding hydrogens is 516 g/mol. The van der Waals surface area contributed by atoms with Gasteiger partial charge in [-0.2, -0.15) is 10.5 Å². The van der Waals surface area contributed by atoms with Crippen molar-refractivity contribution in [3.05, 3.63) is 137 Å². The van der Waals surface area contributed by atoms with E-state index in [1.54, 1.807) is 0 Å². The van der Waals surface area contributed by atoms with E-state index in [9.17, 15) is 10.5 Å². The number of aromatic nitrogens is 2. The molecule has 2 aliphatic rings. The number of allylic oxidation sites excluding steroid dienone is 2. The summed E-state index contributed by atoms with van der Waals surface area (Å²) in [7, 11) is 0. The van der Waals surface area contributed by atoms with Crippen LogP contribution in [0.5, 0.6) is 0 Å². The van der Waals surface area contributed by atoms with Crippen LogP contribution in [-0.2, 0) is 6.54 Å². The predicted molar refractivity (Wildman–Crippen MR) is 168 cm³/mol. The summed E-state index contributed by atoms with van der Waals surface area (Å²) in [5, 5.41) is 29.9. The Kier molecular flexibility index (Phi) is 5.28. The number of para-hydroxylation sites is 2. The molecule has 42 heavy (non-hydrogen) atoms. The molecule has 0 spiro atoms. The summed E-state index contributed by atoms with van der Waals surface area (Å²) >= 11 is 0. The predicted octanol–water partition coefficient (Wildman–Crippen LogP) is 7.25. The van der Waals surface area contributed by atoms with Gasteiger partial charge in [-0.1, -0.05) is 48.5 Å². The third-order valence-corrected chi connectivity index (χ3v) is 8.26. The van der Waals surface area contributed by atoms with Crippen LogP contribution in [0.2, 0.25) is 0 Å². The molecule has 1 unspecified atom stereocenters. The molecule has 8 rings (SSSR count). The molecule has 2 aromatic heterocycles. The smallest absolute Gasteiger partial charge is 0.125 e. The van der Waals surface area contributed by atoms with Gasteiger partial charge in [0, 0.05) is 21.7 Å². The summed E-state index contributed by atoms with van der Waals surface area (Å²) < 4.78 is 4.63. The second-order valence-corrected chi connectivity index (χ2v) is 10.6. The zero-order valence-electron chi connectivity index (χ0n) is 22.5. The maximum atomic E-state index is 9.65. The number of rotatable bonds is 3. The van der Waals surface area contributed by atoms with Crippen LogP contribution in [0.1, 0.15) is 34.1 Å². The molecule has 2 aliphatic heterocycles. The zero-order chi connectivity index (χ0) is 28.2. The van der Waals surface area contributed by atoms with Crippen molar-refractivity contribution in [3.63, 3.8) is 0 Å². The number of nitriles is 2. The molecule has 0 fully saturated rings. The Balaban J connectivity index is 1.40. The molecular formula is C36H24N6. The number of dihydropyridines is 1. The van der Waals surface area contributed by atoms with Crippen LogP contribution in [-0.4, -0.2) is 9.13 Å². The van der Waals surface area contributed by atoms with E-state index in [1.807, 2.05) is 48.7 Å². The van der Waals surface area contributed by atoms with Crippen molar-refractivity contribution in [2.24, 2.45) is 0 Å². The molecule has 0 saturated carbocycles. The number of hydrogen-bond acceptors (Lipinski definition) is 4. The quantitative estimate of drug-likeness (QED) is 0.248. The van der Waals surface area contributed by atoms with Crippen LogP contribution in [0.25, 0.3) is 50.2 Å². The summed E-state index contributed by atoms with van der Waals surface area (Å²) in [6.07, 6.45) is 8.31. The molecule has 0 aliphatic carbocycles. The van der Waals surface area contributed by atoms with E-state index in [2.05, 4.69) is 98.7 Å². The Labute approximate surface area is 242 Å². The molecule has 6 nitrogen and oxygen atoms in total. The number of fused-ring (bicyclic) bond motifs is 6. The third kappa shape index (κ3) is 3.56. The molecule has 4 aromatic carbocycles. The number of nitrogens with zero attached hydrogens (tertiary/aromatic N) is 4. The summed E-state index contributed by atoms with van der Waals surface area (Å²) in [5.74, 6) is 0.953. The summed E-state index contributed by atoms with van der Waals surface area (Å²) in [6, 6.07) is 35.1. The molecule has 4 heterocycles. The van der Waals surface area contributed by atoms with Crippen molar-refractivity contribution < 1.29 is 0 Å². The Morgan fingerprint density at radius 2 is 1.50 bits per heavy atom. The van der Waals surface area contributed by atoms with Crippen LogP contribution >= 0.6 is 0 Å². The summed E-state index contributed by atoms with van der Waals surface area (Å²) in [5.41, 5.74) is 8.91. The van der Waals surface area contributed by atoms with Gasteiger partial charge in [-0.3, -0.25) is 4.57 Å². The molecule has 6 heteroatoms. The highest BCUT2D eigenvalue weighted by Gasteiger charge is 2.26. The minimum atomic E-state index is -0.245. The highest BCUT2D eigenvalue weighted by Crippen LogP contribution is 2.38. The topological polar surface area (TPSA) is 81.5 Å². The van der Waals surface area contributed by atoms with Crippen molar-refractivity contribution in [2.75, 3.05) is 0 Å². The SMILES string of the molecule is N#Cc1cccc(C2=CC(n3c4ccccc4c4cc(C#N)ccc43)NC(n3c4c(c5ccccc53)C=CNC4)=C2)c1. The molecule has 198 valence electrons. The molecule has 0 amide bonds. The van der Waals surface area contributed by atoms with Gasteiger partial charge < -0.3 is 15.2 Å². The van der Waals surface area contributed by atoms with Gasteiger partial charge in [0.1, 0.15) is 12.0 Å². The molecule has 1 atom stereocenters. The van der Waals surface area contributed by atoms with Gasteiger partial charge in [-0.05, 0) is 78.0 Å². The van der Waals surface area contributed by atoms with E-state index in [0.717, 1.165) is 44.3 Å². The summed E-state index contributed by atoms with van der Waals surface area (Å²) in [4.78, 5) is 0. The Morgan fingerprint density at radius 1 is 0.738 bits per heavy atom. The molecule has 0 bridgehead atoms. The molecule has 6 aromatic rings. The second-order valence-electron chi connectivity index (χ2n) is 10.6. The fourth-order valence-electron chi connectivity index (χ4n) is 6.44. The van der Waals surface area contributed by atoms with E-state index in [-0.39, 0.29) is 6.17 Å². The molecule has 2 N–H and O–H groups in total. The lowest BCUT2D eigenvalue weighted by Crippen LogP contribution is -2.30. The Morgan fingerprint density at radius 3 is 2.36 bits per heavy atom. The first-order valence-corrected chi connectivity index (χ1v) is 13.9. The van der Waals surface area contributed by atoms with Gasteiger partial charge in [0.25, 0.3) is 0 Å². The van der Waals surface area contributed by atoms with Crippen LogP contribution in [0.3, 0.4) is 0 Å². The lowest BCUT2D eigenvalue weighted by molar-refractivity contribution is 0.574. The van der Waals surface area contributed by atoms with Gasteiger partial charge in [-0.15, -0.1) is 0 Å². The standard InChI is InChI=1S/C36H24N6/c37-20-23-6-5-7-25(16-23)26-18-35(41-32-11-4-2-9-28(32)30-17-24(21-38)12-13-33(30)41)40-36(19-26)42-31-10-3-1-8-27(31)29-14-15-39-22-34(29)42/h1-19,35,39-40H,22H2. The van der Waals surface area contributed by atoms with Crippen molar-refractivity contribution in [1.82, 2.24) is 19.8 Å². The number of hydrogen-bond donors (Lipinski definition) is 2. The fourth-order valence-corrected chi connectivity index (χ4v) is 6.44. The normalized spacial score (nSPS) is 15.8. The lowest BCUT2D eigenvalue weighted by Gasteiger charge is -2.29. The average molecular weight is 541 g/mol. The van der Waals surface area contributed by atoms with Crippen LogP contribution < -0.4 is 10.6 Å². The molecule has 0 radical (unpaired) electrons. The van der Waals surface area contributed by atoms with E-state index in [4.69, 9.17) is 0 Å². The van der Waals surface area contributed by atoms with Crippen LogP contribution in [0.15, 0.2) is 109 Å². The van der Waals surface area contributed by atoms with Gasteiger partial charge >= 0.3 is 0 Å². The van der Waals surface area contributed by atoms with Crippen LogP contribution in [0, 0.1) is 22.7 Å². The maximum Gasteiger partial charge on any atom is 0.125 e. The Hall–Kier alpha value is -5.98. The largest absolute Gasteiger partial charge is 0.385 e. The second kappa shape index (κ2) is 9.30. The first-order chi connectivity index (χ1) is 20.7. The first-order valence-electron chi connectivity index (χ1n) is 13.9. The van der Waals surface area contributed by atoms with Gasteiger partial charge in [0.15, 0.2) is 0 Å². The fraction of sp³-hybridized carbons (Fsp3) is 0.0556. The number of benzene rings is 4. The van der Waals surface area contributed by atoms with Crippen molar-refractivity contribution in [3.8, 4) is 12.1 Å². The van der Waals surface area contributed by atoms with Crippen molar-refractivity contribution >= 4 is 50.2 Å². The first kappa shape index (κ1) is 23.9. The zero-order valence-corrected chi connectivity index (χ0v) is 22.5. The Bertz CT molecular complexity index is 2260. The lowest BCUT2D eigenvalue weighted by atomic mass is 10.00. The van der Waals surface area contributed by atoms with E-state index in [1.165, 1.54) is 16.6 Å². The van der Waals surface area contributed by atoms with Gasteiger partial charge in [0.05, 0.1) is 52.1 Å². The average Bonchev–Trinajstić information content (AvgIpc) is 3.57. The van der Waals surface area contributed by atoms with Crippen LogP contribution in [0.4, 0.5) is 0 Å². The van der Waals surface area contributed by atoms with Crippen molar-refractivity contribution in [2.45, 2.75) is 12.7 Å². The van der Waals surface area contributed by atoms with E-state index in [0.29, 0.717) is 17.7 Å². The molecule has 0 saturated heterocycles. The summed E-state index contributed by atoms with van der Waals surface area (Å²) in [6.45, 7) is 0.708. The van der Waals surface area contributed by atoms with E-state index >= 15 is 0 Å². The monoisotopic (exact) mass is 540 g/mol. The van der Waals surface area contributed by atoms with Gasteiger partial charge in [-0.25, -0.2) is 0 Å². The third-order valence-electron chi connectivity index (χ3n) is 8.26. The minimum Gasteiger partial charge on any atom is -0.385 e. The maximum absolute atomic E-state index is 9.65. The highest BCUT2D eigenvalue weighted by atomic mass is 15.3. The highest BCUT2D eigenvalue weighted by molar-refractivity contribution is 6.09. The number of nitrogens with one attached hydrogen (secondary N) is 2. The van der Waals surface area contributed by atoms with E-state index < -0.39 is 0 Å². The minimum absolute atomic E-state index is 0.245.